The maximum absolute atomic E-state index is 5.92. The van der Waals surface area contributed by atoms with Gasteiger partial charge in [-0.15, -0.1) is 11.3 Å². The number of hydrogen-bond acceptors (Lipinski definition) is 6. The van der Waals surface area contributed by atoms with Gasteiger partial charge in [-0.1, -0.05) is 24.4 Å². The number of ether oxygens (including phenoxy) is 1. The van der Waals surface area contributed by atoms with Crippen LogP contribution in [0.3, 0.4) is 0 Å². The van der Waals surface area contributed by atoms with E-state index in [1.54, 1.807) is 0 Å². The summed E-state index contributed by atoms with van der Waals surface area (Å²) in [6, 6.07) is 1.85. The molecule has 1 aliphatic carbocycles. The van der Waals surface area contributed by atoms with Gasteiger partial charge in [-0.2, -0.15) is 4.98 Å². The second-order valence-electron chi connectivity index (χ2n) is 5.44. The lowest BCUT2D eigenvalue weighted by atomic mass is 9.85. The SMILES string of the molecule is CCOC(c1noc(-c2sccc2N)n1)C1CCCCC1. The van der Waals surface area contributed by atoms with Gasteiger partial charge in [0.15, 0.2) is 0 Å². The highest BCUT2D eigenvalue weighted by Crippen LogP contribution is 2.37. The smallest absolute Gasteiger partial charge is 0.270 e. The highest BCUT2D eigenvalue weighted by molar-refractivity contribution is 7.14. The van der Waals surface area contributed by atoms with Crippen molar-refractivity contribution in [1.82, 2.24) is 10.1 Å². The second-order valence-corrected chi connectivity index (χ2v) is 6.35. The summed E-state index contributed by atoms with van der Waals surface area (Å²) in [6.07, 6.45) is 6.13. The number of nitrogens with zero attached hydrogens (tertiary/aromatic N) is 2. The molecule has 1 aliphatic rings. The van der Waals surface area contributed by atoms with Gasteiger partial charge in [0.05, 0.1) is 5.69 Å². The van der Waals surface area contributed by atoms with Gasteiger partial charge in [-0.3, -0.25) is 0 Å². The molecule has 2 aromatic rings. The van der Waals surface area contributed by atoms with E-state index in [0.717, 1.165) is 4.88 Å². The molecule has 0 bridgehead atoms. The fourth-order valence-electron chi connectivity index (χ4n) is 2.97. The Morgan fingerprint density at radius 3 is 2.90 bits per heavy atom. The maximum atomic E-state index is 5.92. The summed E-state index contributed by atoms with van der Waals surface area (Å²) in [4.78, 5) is 5.38. The first-order chi connectivity index (χ1) is 10.3. The molecule has 5 nitrogen and oxygen atoms in total. The largest absolute Gasteiger partial charge is 0.397 e. The molecule has 0 amide bonds. The fourth-order valence-corrected chi connectivity index (χ4v) is 3.71. The number of rotatable bonds is 5. The lowest BCUT2D eigenvalue weighted by Crippen LogP contribution is -2.20. The van der Waals surface area contributed by atoms with E-state index in [1.807, 2.05) is 18.4 Å². The van der Waals surface area contributed by atoms with Crippen molar-refractivity contribution in [2.75, 3.05) is 12.3 Å². The minimum Gasteiger partial charge on any atom is -0.397 e. The Balaban J connectivity index is 1.83. The van der Waals surface area contributed by atoms with E-state index in [4.69, 9.17) is 15.0 Å². The van der Waals surface area contributed by atoms with Crippen LogP contribution in [-0.4, -0.2) is 16.7 Å². The predicted octanol–water partition coefficient (Wildman–Crippen LogP) is 4.04. The molecule has 3 rings (SSSR count). The van der Waals surface area contributed by atoms with Crippen LogP contribution in [0.4, 0.5) is 5.69 Å². The Labute approximate surface area is 128 Å². The third-order valence-electron chi connectivity index (χ3n) is 4.01. The van der Waals surface area contributed by atoms with E-state index in [0.29, 0.717) is 29.9 Å². The molecule has 21 heavy (non-hydrogen) atoms. The van der Waals surface area contributed by atoms with E-state index in [9.17, 15) is 0 Å². The molecule has 0 aromatic carbocycles. The van der Waals surface area contributed by atoms with Crippen molar-refractivity contribution >= 4 is 17.0 Å². The third kappa shape index (κ3) is 3.11. The van der Waals surface area contributed by atoms with Gasteiger partial charge in [-0.05, 0) is 37.1 Å². The molecule has 1 fully saturated rings. The van der Waals surface area contributed by atoms with Crippen LogP contribution in [0, 0.1) is 5.92 Å². The Kier molecular flexibility index (Phi) is 4.55. The average molecular weight is 307 g/mol. The van der Waals surface area contributed by atoms with E-state index in [2.05, 4.69) is 10.1 Å². The molecule has 2 heterocycles. The van der Waals surface area contributed by atoms with Crippen molar-refractivity contribution in [3.63, 3.8) is 0 Å². The summed E-state index contributed by atoms with van der Waals surface area (Å²) < 4.78 is 11.3. The standard InChI is InChI=1S/C15H21N3O2S/c1-2-19-12(10-6-4-3-5-7-10)14-17-15(20-18-14)13-11(16)8-9-21-13/h8-10,12H,2-7,16H2,1H3. The van der Waals surface area contributed by atoms with Crippen LogP contribution in [0.25, 0.3) is 10.8 Å². The van der Waals surface area contributed by atoms with Gasteiger partial charge in [0.2, 0.25) is 5.82 Å². The molecule has 0 aliphatic heterocycles. The number of aromatic nitrogens is 2. The van der Waals surface area contributed by atoms with Crippen LogP contribution in [-0.2, 0) is 4.74 Å². The summed E-state index contributed by atoms with van der Waals surface area (Å²) in [5, 5.41) is 6.07. The van der Waals surface area contributed by atoms with Gasteiger partial charge in [-0.25, -0.2) is 0 Å². The van der Waals surface area contributed by atoms with E-state index in [1.165, 1.54) is 43.4 Å². The summed E-state index contributed by atoms with van der Waals surface area (Å²) in [5.41, 5.74) is 6.59. The monoisotopic (exact) mass is 307 g/mol. The Morgan fingerprint density at radius 1 is 1.43 bits per heavy atom. The van der Waals surface area contributed by atoms with Crippen LogP contribution in [0.15, 0.2) is 16.0 Å². The molecule has 1 unspecified atom stereocenters. The van der Waals surface area contributed by atoms with Gasteiger partial charge in [0.25, 0.3) is 5.89 Å². The summed E-state index contributed by atoms with van der Waals surface area (Å²) in [5.74, 6) is 1.65. The number of hydrogen-bond donors (Lipinski definition) is 1. The molecule has 0 saturated heterocycles. The summed E-state index contributed by atoms with van der Waals surface area (Å²) >= 11 is 1.51. The van der Waals surface area contributed by atoms with Gasteiger partial charge >= 0.3 is 0 Å². The molecule has 0 spiro atoms. The maximum Gasteiger partial charge on any atom is 0.270 e. The molecule has 6 heteroatoms. The van der Waals surface area contributed by atoms with E-state index < -0.39 is 0 Å². The van der Waals surface area contributed by atoms with Gasteiger partial charge < -0.3 is 15.0 Å². The number of nitrogens with two attached hydrogens (primary N) is 1. The molecule has 0 radical (unpaired) electrons. The number of thiophene rings is 1. The average Bonchev–Trinajstić information content (AvgIpc) is 3.14. The van der Waals surface area contributed by atoms with Crippen LogP contribution >= 0.6 is 11.3 Å². The Bertz CT molecular complexity index is 575. The number of nitrogen functional groups attached to an aromatic ring is 1. The zero-order chi connectivity index (χ0) is 14.7. The quantitative estimate of drug-likeness (QED) is 0.902. The van der Waals surface area contributed by atoms with Crippen LogP contribution in [0.2, 0.25) is 0 Å². The van der Waals surface area contributed by atoms with Gasteiger partial charge in [0, 0.05) is 6.61 Å². The van der Waals surface area contributed by atoms with Crippen molar-refractivity contribution in [1.29, 1.82) is 0 Å². The fraction of sp³-hybridized carbons (Fsp3) is 0.600. The topological polar surface area (TPSA) is 74.2 Å². The first-order valence-electron chi connectivity index (χ1n) is 7.58. The minimum absolute atomic E-state index is 0.0611. The zero-order valence-electron chi connectivity index (χ0n) is 12.2. The van der Waals surface area contributed by atoms with Crippen molar-refractivity contribution < 1.29 is 9.26 Å². The Morgan fingerprint density at radius 2 is 2.24 bits per heavy atom. The second kappa shape index (κ2) is 6.58. The first kappa shape index (κ1) is 14.5. The van der Waals surface area contributed by atoms with E-state index >= 15 is 0 Å². The lowest BCUT2D eigenvalue weighted by molar-refractivity contribution is -0.00145. The molecule has 2 aromatic heterocycles. The van der Waals surface area contributed by atoms with Crippen LogP contribution in [0.5, 0.6) is 0 Å². The van der Waals surface area contributed by atoms with Crippen molar-refractivity contribution in [3.8, 4) is 10.8 Å². The molecule has 114 valence electrons. The summed E-state index contributed by atoms with van der Waals surface area (Å²) in [6.45, 7) is 2.67. The third-order valence-corrected chi connectivity index (χ3v) is 4.93. The molecule has 2 N–H and O–H groups in total. The van der Waals surface area contributed by atoms with E-state index in [-0.39, 0.29) is 6.10 Å². The highest BCUT2D eigenvalue weighted by atomic mass is 32.1. The molecular formula is C15H21N3O2S. The Hall–Kier alpha value is -1.40. The molecule has 1 saturated carbocycles. The first-order valence-corrected chi connectivity index (χ1v) is 8.46. The predicted molar refractivity (Wildman–Crippen MR) is 83.0 cm³/mol. The lowest BCUT2D eigenvalue weighted by Gasteiger charge is -2.27. The van der Waals surface area contributed by atoms with Crippen molar-refractivity contribution in [2.24, 2.45) is 5.92 Å². The van der Waals surface area contributed by atoms with Crippen molar-refractivity contribution in [3.05, 3.63) is 17.3 Å². The zero-order valence-corrected chi connectivity index (χ0v) is 13.1. The van der Waals surface area contributed by atoms with Gasteiger partial charge in [0.1, 0.15) is 11.0 Å². The van der Waals surface area contributed by atoms with Crippen LogP contribution < -0.4 is 5.73 Å². The summed E-state index contributed by atoms with van der Waals surface area (Å²) in [7, 11) is 0. The van der Waals surface area contributed by atoms with Crippen molar-refractivity contribution in [2.45, 2.75) is 45.1 Å². The number of anilines is 1. The van der Waals surface area contributed by atoms with Crippen LogP contribution in [0.1, 0.15) is 51.0 Å². The highest BCUT2D eigenvalue weighted by Gasteiger charge is 2.30. The minimum atomic E-state index is -0.0611. The molecule has 1 atom stereocenters. The normalized spacial score (nSPS) is 18.0. The molecular weight excluding hydrogens is 286 g/mol.